The maximum absolute atomic E-state index is 14.0. The number of nitrogens with two attached hydrogens (primary N) is 1. The van der Waals surface area contributed by atoms with Crippen LogP contribution in [0.2, 0.25) is 0 Å². The number of carbonyl (C=O) groups excluding carboxylic acids is 1. The predicted molar refractivity (Wildman–Crippen MR) is 159 cm³/mol. The lowest BCUT2D eigenvalue weighted by Gasteiger charge is -2.26. The van der Waals surface area contributed by atoms with Gasteiger partial charge in [-0.05, 0) is 87.9 Å². The van der Waals surface area contributed by atoms with Crippen LogP contribution in [0.25, 0.3) is 5.69 Å². The Morgan fingerprint density at radius 3 is 2.30 bits per heavy atom. The predicted octanol–water partition coefficient (Wildman–Crippen LogP) is 5.11. The zero-order valence-corrected chi connectivity index (χ0v) is 23.0. The molecule has 0 spiro atoms. The van der Waals surface area contributed by atoms with Crippen molar-refractivity contribution in [2.24, 2.45) is 0 Å². The molecule has 0 radical (unpaired) electrons. The summed E-state index contributed by atoms with van der Waals surface area (Å²) < 4.78 is 3.43. The third kappa shape index (κ3) is 5.57. The number of H-pyrrole nitrogens is 1. The molecule has 8 nitrogen and oxygen atoms in total. The Morgan fingerprint density at radius 1 is 0.950 bits per heavy atom. The van der Waals surface area contributed by atoms with Crippen LogP contribution in [0.1, 0.15) is 59.4 Å². The first-order valence-corrected chi connectivity index (χ1v) is 13.7. The smallest absolute Gasteiger partial charge is 0.330 e. The van der Waals surface area contributed by atoms with E-state index in [2.05, 4.69) is 27.8 Å². The topological polar surface area (TPSA) is 106 Å². The summed E-state index contributed by atoms with van der Waals surface area (Å²) in [5, 5.41) is 0. The Morgan fingerprint density at radius 2 is 1.65 bits per heavy atom. The molecule has 0 atom stereocenters. The van der Waals surface area contributed by atoms with E-state index < -0.39 is 11.2 Å². The van der Waals surface area contributed by atoms with Crippen molar-refractivity contribution in [3.05, 3.63) is 122 Å². The molecule has 8 heteroatoms. The molecule has 1 aliphatic rings. The molecule has 0 fully saturated rings. The maximum atomic E-state index is 14.0. The zero-order chi connectivity index (χ0) is 28.2. The molecular weight excluding hydrogens is 502 g/mol. The van der Waals surface area contributed by atoms with Crippen molar-refractivity contribution >= 4 is 17.4 Å². The van der Waals surface area contributed by atoms with Crippen molar-refractivity contribution in [2.75, 3.05) is 17.2 Å². The standard InChI is InChI=1S/C32H35N5O3/c1-22-13-14-23(2)37(22)27-17-15-26(16-18-27)31(39)35(20-19-24-9-5-3-6-10-24)28-29(33)36(32(40)34-30(28)38)21-25-11-7-4-8-12-25/h4,7-9,11-18H,3,5-6,10,19-21,33H2,1-2H3,(H,34,38,40). The molecule has 2 aromatic carbocycles. The minimum atomic E-state index is -0.673. The maximum Gasteiger partial charge on any atom is 0.330 e. The second-order valence-corrected chi connectivity index (χ2v) is 10.4. The van der Waals surface area contributed by atoms with E-state index in [-0.39, 0.29) is 30.5 Å². The van der Waals surface area contributed by atoms with E-state index >= 15 is 0 Å². The van der Waals surface area contributed by atoms with Crippen molar-refractivity contribution in [3.8, 4) is 5.69 Å². The average molecular weight is 538 g/mol. The highest BCUT2D eigenvalue weighted by atomic mass is 16.2. The van der Waals surface area contributed by atoms with Crippen LogP contribution >= 0.6 is 0 Å². The van der Waals surface area contributed by atoms with E-state index in [0.717, 1.165) is 48.3 Å². The van der Waals surface area contributed by atoms with Gasteiger partial charge in [0.2, 0.25) is 0 Å². The van der Waals surface area contributed by atoms with Crippen molar-refractivity contribution in [1.82, 2.24) is 14.1 Å². The van der Waals surface area contributed by atoms with Crippen LogP contribution in [0.3, 0.4) is 0 Å². The van der Waals surface area contributed by atoms with Crippen molar-refractivity contribution < 1.29 is 4.79 Å². The number of rotatable bonds is 8. The number of allylic oxidation sites excluding steroid dienone is 1. The van der Waals surface area contributed by atoms with Gasteiger partial charge in [-0.3, -0.25) is 19.1 Å². The van der Waals surface area contributed by atoms with Gasteiger partial charge >= 0.3 is 5.69 Å². The lowest BCUT2D eigenvalue weighted by Crippen LogP contribution is -2.42. The van der Waals surface area contributed by atoms with E-state index in [4.69, 9.17) is 5.73 Å². The highest BCUT2D eigenvalue weighted by Gasteiger charge is 2.26. The number of aromatic amines is 1. The van der Waals surface area contributed by atoms with Crippen molar-refractivity contribution in [3.63, 3.8) is 0 Å². The SMILES string of the molecule is Cc1ccc(C)n1-c1ccc(C(=O)N(CCC2=CCCCC2)c2c(N)n(Cc3ccccc3)c(=O)[nH]c2=O)cc1. The number of carbonyl (C=O) groups is 1. The number of anilines is 2. The number of amides is 1. The van der Waals surface area contributed by atoms with Crippen LogP contribution in [0.4, 0.5) is 11.5 Å². The Bertz CT molecular complexity index is 1640. The first kappa shape index (κ1) is 27.0. The first-order chi connectivity index (χ1) is 19.3. The van der Waals surface area contributed by atoms with Gasteiger partial charge in [0, 0.05) is 29.2 Å². The Balaban J connectivity index is 1.53. The van der Waals surface area contributed by atoms with Gasteiger partial charge in [-0.1, -0.05) is 42.0 Å². The molecule has 5 rings (SSSR count). The second-order valence-electron chi connectivity index (χ2n) is 10.4. The molecule has 3 N–H and O–H groups in total. The monoisotopic (exact) mass is 537 g/mol. The summed E-state index contributed by atoms with van der Waals surface area (Å²) in [6, 6.07) is 20.8. The number of aryl methyl sites for hydroxylation is 2. The summed E-state index contributed by atoms with van der Waals surface area (Å²) in [5.41, 5.74) is 10.9. The van der Waals surface area contributed by atoms with E-state index in [9.17, 15) is 14.4 Å². The van der Waals surface area contributed by atoms with Gasteiger partial charge in [0.25, 0.3) is 11.5 Å². The van der Waals surface area contributed by atoms with Gasteiger partial charge in [0.05, 0.1) is 6.54 Å². The number of aromatic nitrogens is 3. The normalized spacial score (nSPS) is 13.2. The highest BCUT2D eigenvalue weighted by molar-refractivity contribution is 6.07. The number of hydrogen-bond donors (Lipinski definition) is 2. The fraction of sp³-hybridized carbons (Fsp3) is 0.281. The molecule has 0 unspecified atom stereocenters. The van der Waals surface area contributed by atoms with Gasteiger partial charge in [-0.25, -0.2) is 4.79 Å². The van der Waals surface area contributed by atoms with Crippen LogP contribution in [0.5, 0.6) is 0 Å². The van der Waals surface area contributed by atoms with E-state index in [1.54, 1.807) is 12.1 Å². The van der Waals surface area contributed by atoms with E-state index in [1.165, 1.54) is 15.0 Å². The van der Waals surface area contributed by atoms with Crippen molar-refractivity contribution in [1.29, 1.82) is 0 Å². The van der Waals surface area contributed by atoms with Gasteiger partial charge in [-0.15, -0.1) is 0 Å². The molecular formula is C32H35N5O3. The Labute approximate surface area is 233 Å². The molecule has 4 aromatic rings. The number of nitrogen functional groups attached to an aromatic ring is 1. The Hall–Kier alpha value is -4.59. The Kier molecular flexibility index (Phi) is 7.86. The van der Waals surface area contributed by atoms with Gasteiger partial charge < -0.3 is 15.2 Å². The molecule has 0 saturated heterocycles. The number of hydrogen-bond acceptors (Lipinski definition) is 4. The fourth-order valence-corrected chi connectivity index (χ4v) is 5.45. The number of nitrogens with one attached hydrogen (secondary N) is 1. The number of benzene rings is 2. The fourth-order valence-electron chi connectivity index (χ4n) is 5.45. The summed E-state index contributed by atoms with van der Waals surface area (Å²) in [4.78, 5) is 43.9. The van der Waals surface area contributed by atoms with Crippen LogP contribution < -0.4 is 21.9 Å². The van der Waals surface area contributed by atoms with Crippen molar-refractivity contribution in [2.45, 2.75) is 52.5 Å². The molecule has 1 amide bonds. The lowest BCUT2D eigenvalue weighted by molar-refractivity contribution is 0.0987. The molecule has 0 bridgehead atoms. The molecule has 2 heterocycles. The zero-order valence-electron chi connectivity index (χ0n) is 23.0. The van der Waals surface area contributed by atoms with Gasteiger partial charge in [0.1, 0.15) is 5.82 Å². The molecule has 40 heavy (non-hydrogen) atoms. The van der Waals surface area contributed by atoms with Crippen LogP contribution in [0.15, 0.2) is 88.0 Å². The van der Waals surface area contributed by atoms with Crippen LogP contribution in [0, 0.1) is 13.8 Å². The van der Waals surface area contributed by atoms with Crippen LogP contribution in [-0.2, 0) is 6.54 Å². The highest BCUT2D eigenvalue weighted by Crippen LogP contribution is 2.25. The molecule has 206 valence electrons. The molecule has 1 aliphatic carbocycles. The average Bonchev–Trinajstić information content (AvgIpc) is 3.31. The quantitative estimate of drug-likeness (QED) is 0.305. The van der Waals surface area contributed by atoms with Gasteiger partial charge in [-0.2, -0.15) is 0 Å². The summed E-state index contributed by atoms with van der Waals surface area (Å²) in [5.74, 6) is -0.371. The molecule has 2 aromatic heterocycles. The van der Waals surface area contributed by atoms with Gasteiger partial charge in [0.15, 0.2) is 5.69 Å². The van der Waals surface area contributed by atoms with E-state index in [1.807, 2.05) is 56.3 Å². The minimum Gasteiger partial charge on any atom is -0.383 e. The van der Waals surface area contributed by atoms with Crippen LogP contribution in [-0.4, -0.2) is 26.6 Å². The summed E-state index contributed by atoms with van der Waals surface area (Å²) in [7, 11) is 0. The molecule has 0 saturated carbocycles. The largest absolute Gasteiger partial charge is 0.383 e. The summed E-state index contributed by atoms with van der Waals surface area (Å²) >= 11 is 0. The number of nitrogens with zero attached hydrogens (tertiary/aromatic N) is 3. The minimum absolute atomic E-state index is 0.00174. The third-order valence-electron chi connectivity index (χ3n) is 7.60. The summed E-state index contributed by atoms with van der Waals surface area (Å²) in [6.07, 6.45) is 7.13. The third-order valence-corrected chi connectivity index (χ3v) is 7.60. The van der Waals surface area contributed by atoms with E-state index in [0.29, 0.717) is 12.0 Å². The second kappa shape index (κ2) is 11.7. The molecule has 0 aliphatic heterocycles. The summed E-state index contributed by atoms with van der Waals surface area (Å²) in [6.45, 7) is 4.52. The first-order valence-electron chi connectivity index (χ1n) is 13.7. The lowest BCUT2D eigenvalue weighted by atomic mass is 9.97.